The van der Waals surface area contributed by atoms with E-state index in [2.05, 4.69) is 0 Å². The van der Waals surface area contributed by atoms with Crippen LogP contribution in [-0.4, -0.2) is 70.7 Å². The fourth-order valence-electron chi connectivity index (χ4n) is 6.61. The molecule has 0 saturated carbocycles. The van der Waals surface area contributed by atoms with Gasteiger partial charge in [-0.15, -0.1) is 0 Å². The third-order valence-electron chi connectivity index (χ3n) is 8.21. The third kappa shape index (κ3) is 3.76. The summed E-state index contributed by atoms with van der Waals surface area (Å²) >= 11 is 0. The lowest BCUT2D eigenvalue weighted by molar-refractivity contribution is -0.210. The molecule has 2 aliphatic heterocycles. The Bertz CT molecular complexity index is 1060. The number of carbonyl (C=O) groups is 4. The summed E-state index contributed by atoms with van der Waals surface area (Å²) < 4.78 is 28.9. The summed E-state index contributed by atoms with van der Waals surface area (Å²) in [6, 6.07) is 0. The van der Waals surface area contributed by atoms with E-state index in [-0.39, 0.29) is 12.8 Å². The number of rotatable bonds is 3. The minimum Gasteiger partial charge on any atom is -0.461 e. The monoisotopic (exact) mass is 506 g/mol. The maximum absolute atomic E-state index is 12.8. The van der Waals surface area contributed by atoms with E-state index in [9.17, 15) is 24.3 Å². The second-order valence-electron chi connectivity index (χ2n) is 10.7. The van der Waals surface area contributed by atoms with Gasteiger partial charge in [-0.2, -0.15) is 0 Å². The summed E-state index contributed by atoms with van der Waals surface area (Å²) in [7, 11) is 0. The van der Waals surface area contributed by atoms with Crippen LogP contribution in [0, 0.1) is 11.3 Å². The van der Waals surface area contributed by atoms with Gasteiger partial charge in [-0.05, 0) is 26.8 Å². The standard InChI is InChI=1S/C26H34O10/c1-12-10-17(32-14(3)27)22(34-16(5)29)24(6)18(33-15(4)28)9-8-13(2)20(24)21(30)26-19(11-12)35-23(31)25(26,7)36-26/h8,11,17-22,30H,9-10H2,1-7H3/b12-11-/t17-,18-,19-,20+,21-,22-,24-,25-,26-/m1/s1. The molecule has 0 unspecified atom stereocenters. The number of ether oxygens (including phenoxy) is 5. The van der Waals surface area contributed by atoms with E-state index in [1.165, 1.54) is 20.8 Å². The topological polar surface area (TPSA) is 138 Å². The summed E-state index contributed by atoms with van der Waals surface area (Å²) in [5.74, 6) is -3.16. The van der Waals surface area contributed by atoms with Crippen molar-refractivity contribution in [2.45, 2.75) is 103 Å². The van der Waals surface area contributed by atoms with Crippen molar-refractivity contribution in [3.05, 3.63) is 23.3 Å². The molecule has 10 heteroatoms. The average Bonchev–Trinajstić information content (AvgIpc) is 3.34. The first-order chi connectivity index (χ1) is 16.7. The van der Waals surface area contributed by atoms with Crippen LogP contribution in [0.25, 0.3) is 0 Å². The summed E-state index contributed by atoms with van der Waals surface area (Å²) in [5.41, 5.74) is -2.62. The molecule has 2 heterocycles. The molecule has 36 heavy (non-hydrogen) atoms. The zero-order valence-corrected chi connectivity index (χ0v) is 21.7. The molecule has 10 nitrogen and oxygen atoms in total. The molecule has 2 saturated heterocycles. The molecule has 0 amide bonds. The molecular formula is C26H34O10. The smallest absolute Gasteiger partial charge is 0.342 e. The van der Waals surface area contributed by atoms with Crippen molar-refractivity contribution in [2.24, 2.45) is 11.3 Å². The van der Waals surface area contributed by atoms with E-state index < -0.39 is 76.9 Å². The van der Waals surface area contributed by atoms with Gasteiger partial charge < -0.3 is 28.8 Å². The third-order valence-corrected chi connectivity index (χ3v) is 8.21. The minimum atomic E-state index is -1.39. The van der Waals surface area contributed by atoms with E-state index in [0.717, 1.165) is 5.57 Å². The van der Waals surface area contributed by atoms with Gasteiger partial charge >= 0.3 is 23.9 Å². The van der Waals surface area contributed by atoms with Crippen molar-refractivity contribution in [1.29, 1.82) is 0 Å². The van der Waals surface area contributed by atoms with Crippen LogP contribution in [0.3, 0.4) is 0 Å². The SMILES string of the molecule is CC(=O)O[C@@H]1[C@H](OC(C)=O)C/C(C)=C\[C@H]2OC(=O)[C@@]3(C)O[C@@]23[C@H](O)[C@@H]2C(C)=CC[C@@H](OC(C)=O)[C@@]12C. The van der Waals surface area contributed by atoms with Gasteiger partial charge in [0.05, 0.1) is 11.5 Å². The molecule has 4 aliphatic rings. The highest BCUT2D eigenvalue weighted by atomic mass is 16.7. The lowest BCUT2D eigenvalue weighted by Crippen LogP contribution is -2.63. The van der Waals surface area contributed by atoms with Gasteiger partial charge in [0, 0.05) is 39.5 Å². The second-order valence-corrected chi connectivity index (χ2v) is 10.7. The molecule has 1 spiro atoms. The van der Waals surface area contributed by atoms with Gasteiger partial charge in [0.1, 0.15) is 18.3 Å². The molecular weight excluding hydrogens is 472 g/mol. The van der Waals surface area contributed by atoms with Crippen molar-refractivity contribution in [1.82, 2.24) is 0 Å². The number of hydrogen-bond donors (Lipinski definition) is 1. The predicted octanol–water partition coefficient (Wildman–Crippen LogP) is 1.92. The van der Waals surface area contributed by atoms with Crippen molar-refractivity contribution in [3.63, 3.8) is 0 Å². The molecule has 9 atom stereocenters. The molecule has 1 N–H and O–H groups in total. The van der Waals surface area contributed by atoms with E-state index in [0.29, 0.717) is 5.57 Å². The fraction of sp³-hybridized carbons (Fsp3) is 0.692. The quantitative estimate of drug-likeness (QED) is 0.261. The number of fused-ring (bicyclic) bond motifs is 1. The highest BCUT2D eigenvalue weighted by molar-refractivity contribution is 5.89. The summed E-state index contributed by atoms with van der Waals surface area (Å²) in [4.78, 5) is 49.5. The number of epoxide rings is 1. The summed E-state index contributed by atoms with van der Waals surface area (Å²) in [6.07, 6.45) is -1.16. The van der Waals surface area contributed by atoms with Crippen molar-refractivity contribution in [2.75, 3.05) is 0 Å². The number of hydrogen-bond acceptors (Lipinski definition) is 10. The Kier molecular flexibility index (Phi) is 6.36. The Labute approximate surface area is 209 Å². The lowest BCUT2D eigenvalue weighted by Gasteiger charge is -2.53. The maximum atomic E-state index is 12.8. The minimum absolute atomic E-state index is 0.145. The Balaban J connectivity index is 1.98. The first-order valence-electron chi connectivity index (χ1n) is 12.1. The molecule has 0 aromatic heterocycles. The maximum Gasteiger partial charge on any atom is 0.342 e. The van der Waals surface area contributed by atoms with E-state index in [4.69, 9.17) is 23.7 Å². The van der Waals surface area contributed by atoms with Crippen LogP contribution in [0.15, 0.2) is 23.3 Å². The summed E-state index contributed by atoms with van der Waals surface area (Å²) in [6.45, 7) is 10.7. The van der Waals surface area contributed by atoms with Crippen LogP contribution in [0.5, 0.6) is 0 Å². The molecule has 0 radical (unpaired) electrons. The van der Waals surface area contributed by atoms with Gasteiger partial charge in [-0.25, -0.2) is 4.79 Å². The van der Waals surface area contributed by atoms with Gasteiger partial charge in [0.2, 0.25) is 0 Å². The number of esters is 4. The first kappa shape index (κ1) is 26.3. The Morgan fingerprint density at radius 3 is 2.19 bits per heavy atom. The van der Waals surface area contributed by atoms with Gasteiger partial charge in [0.15, 0.2) is 17.3 Å². The Hall–Kier alpha value is -2.72. The first-order valence-corrected chi connectivity index (χ1v) is 12.1. The average molecular weight is 507 g/mol. The Morgan fingerprint density at radius 1 is 1.03 bits per heavy atom. The normalized spacial score (nSPS) is 44.8. The number of carbonyl (C=O) groups excluding carboxylic acids is 4. The zero-order valence-electron chi connectivity index (χ0n) is 21.7. The van der Waals surface area contributed by atoms with Crippen molar-refractivity contribution in [3.8, 4) is 0 Å². The van der Waals surface area contributed by atoms with Crippen molar-refractivity contribution < 1.29 is 48.0 Å². The van der Waals surface area contributed by atoms with Crippen molar-refractivity contribution >= 4 is 23.9 Å². The second kappa shape index (κ2) is 8.69. The fourth-order valence-corrected chi connectivity index (χ4v) is 6.61. The van der Waals surface area contributed by atoms with Crippen LogP contribution in [0.2, 0.25) is 0 Å². The van der Waals surface area contributed by atoms with Gasteiger partial charge in [-0.1, -0.05) is 24.1 Å². The highest BCUT2D eigenvalue weighted by Crippen LogP contribution is 2.64. The molecule has 4 rings (SSSR count). The molecule has 0 bridgehead atoms. The van der Waals surface area contributed by atoms with E-state index in [1.807, 2.05) is 13.0 Å². The number of aliphatic hydroxyl groups excluding tert-OH is 1. The number of aliphatic hydroxyl groups is 1. The molecule has 0 aromatic carbocycles. The van der Waals surface area contributed by atoms with Gasteiger partial charge in [-0.3, -0.25) is 14.4 Å². The van der Waals surface area contributed by atoms with Crippen LogP contribution in [-0.2, 0) is 42.9 Å². The van der Waals surface area contributed by atoms with E-state index in [1.54, 1.807) is 26.8 Å². The highest BCUT2D eigenvalue weighted by Gasteiger charge is 2.86. The molecule has 2 fully saturated rings. The van der Waals surface area contributed by atoms with Gasteiger partial charge in [0.25, 0.3) is 0 Å². The summed E-state index contributed by atoms with van der Waals surface area (Å²) in [5, 5.41) is 12.1. The van der Waals surface area contributed by atoms with Crippen LogP contribution >= 0.6 is 0 Å². The zero-order chi connectivity index (χ0) is 26.8. The van der Waals surface area contributed by atoms with Crippen LogP contribution < -0.4 is 0 Å². The molecule has 0 aromatic rings. The largest absolute Gasteiger partial charge is 0.461 e. The predicted molar refractivity (Wildman–Crippen MR) is 123 cm³/mol. The van der Waals surface area contributed by atoms with E-state index >= 15 is 0 Å². The Morgan fingerprint density at radius 2 is 1.64 bits per heavy atom. The molecule has 2 aliphatic carbocycles. The molecule has 198 valence electrons. The van der Waals surface area contributed by atoms with Crippen LogP contribution in [0.1, 0.15) is 61.3 Å². The lowest BCUT2D eigenvalue weighted by atomic mass is 9.56. The van der Waals surface area contributed by atoms with Crippen LogP contribution in [0.4, 0.5) is 0 Å².